The number of rotatable bonds is 6. The molecule has 0 saturated carbocycles. The van der Waals surface area contributed by atoms with E-state index in [1.54, 1.807) is 43.3 Å². The molecule has 6 heteroatoms. The highest BCUT2D eigenvalue weighted by Crippen LogP contribution is 2.29. The quantitative estimate of drug-likeness (QED) is 0.595. The molecule has 0 aliphatic carbocycles. The Morgan fingerprint density at radius 1 is 1.31 bits per heavy atom. The highest BCUT2D eigenvalue weighted by atomic mass is 35.5. The minimum Gasteiger partial charge on any atom is -0.493 e. The van der Waals surface area contributed by atoms with Gasteiger partial charge in [0.25, 0.3) is 5.91 Å². The van der Waals surface area contributed by atoms with Gasteiger partial charge in [-0.15, -0.1) is 0 Å². The van der Waals surface area contributed by atoms with Crippen molar-refractivity contribution < 1.29 is 14.3 Å². The molecule has 2 aromatic rings. The van der Waals surface area contributed by atoms with E-state index in [4.69, 9.17) is 21.1 Å². The van der Waals surface area contributed by atoms with Crippen LogP contribution in [0.3, 0.4) is 0 Å². The number of methoxy groups -OCH3 is 1. The van der Waals surface area contributed by atoms with Gasteiger partial charge in [-0.05, 0) is 55.3 Å². The second kappa shape index (κ2) is 8.93. The average Bonchev–Trinajstić information content (AvgIpc) is 2.64. The SMILES string of the molecule is CCOc1ccc(/C=C(\C#N)C(=O)Nc2cccc(Cl)c2C)cc1OC. The van der Waals surface area contributed by atoms with Crippen molar-refractivity contribution in [1.82, 2.24) is 0 Å². The van der Waals surface area contributed by atoms with E-state index in [2.05, 4.69) is 5.32 Å². The molecule has 26 heavy (non-hydrogen) atoms. The maximum atomic E-state index is 12.4. The molecular formula is C20H19ClN2O3. The second-order valence-corrected chi connectivity index (χ2v) is 5.79. The van der Waals surface area contributed by atoms with Gasteiger partial charge in [-0.3, -0.25) is 4.79 Å². The average molecular weight is 371 g/mol. The zero-order chi connectivity index (χ0) is 19.1. The van der Waals surface area contributed by atoms with Crippen LogP contribution in [0, 0.1) is 18.3 Å². The summed E-state index contributed by atoms with van der Waals surface area (Å²) in [5.74, 6) is 0.624. The minimum absolute atomic E-state index is 0.0319. The first kappa shape index (κ1) is 19.4. The summed E-state index contributed by atoms with van der Waals surface area (Å²) in [5, 5.41) is 12.6. The van der Waals surface area contributed by atoms with Gasteiger partial charge in [0.15, 0.2) is 11.5 Å². The van der Waals surface area contributed by atoms with Gasteiger partial charge >= 0.3 is 0 Å². The van der Waals surface area contributed by atoms with Crippen LogP contribution in [0.4, 0.5) is 5.69 Å². The number of halogens is 1. The van der Waals surface area contributed by atoms with Crippen molar-refractivity contribution >= 4 is 29.3 Å². The summed E-state index contributed by atoms with van der Waals surface area (Å²) in [6.45, 7) is 4.19. The van der Waals surface area contributed by atoms with Crippen molar-refractivity contribution in [2.75, 3.05) is 19.0 Å². The first-order valence-corrected chi connectivity index (χ1v) is 8.37. The second-order valence-electron chi connectivity index (χ2n) is 5.38. The van der Waals surface area contributed by atoms with Crippen LogP contribution >= 0.6 is 11.6 Å². The van der Waals surface area contributed by atoms with Crippen molar-refractivity contribution in [2.24, 2.45) is 0 Å². The van der Waals surface area contributed by atoms with Crippen LogP contribution in [0.15, 0.2) is 42.0 Å². The molecule has 5 nitrogen and oxygen atoms in total. The van der Waals surface area contributed by atoms with Crippen molar-refractivity contribution in [3.8, 4) is 17.6 Å². The molecule has 0 bridgehead atoms. The van der Waals surface area contributed by atoms with Crippen molar-refractivity contribution in [1.29, 1.82) is 5.26 Å². The monoisotopic (exact) mass is 370 g/mol. The topological polar surface area (TPSA) is 71.3 Å². The van der Waals surface area contributed by atoms with E-state index in [1.807, 2.05) is 13.0 Å². The largest absolute Gasteiger partial charge is 0.493 e. The van der Waals surface area contributed by atoms with Gasteiger partial charge in [-0.1, -0.05) is 23.7 Å². The zero-order valence-electron chi connectivity index (χ0n) is 14.8. The fraction of sp³-hybridized carbons (Fsp3) is 0.200. The molecule has 0 atom stereocenters. The molecule has 0 heterocycles. The Bertz CT molecular complexity index is 885. The van der Waals surface area contributed by atoms with Gasteiger partial charge in [-0.25, -0.2) is 0 Å². The number of hydrogen-bond acceptors (Lipinski definition) is 4. The highest BCUT2D eigenvalue weighted by molar-refractivity contribution is 6.31. The van der Waals surface area contributed by atoms with E-state index in [9.17, 15) is 10.1 Å². The van der Waals surface area contributed by atoms with E-state index < -0.39 is 5.91 Å². The first-order chi connectivity index (χ1) is 12.5. The van der Waals surface area contributed by atoms with Crippen LogP contribution in [-0.4, -0.2) is 19.6 Å². The fourth-order valence-electron chi connectivity index (χ4n) is 2.30. The number of ether oxygens (including phenoxy) is 2. The normalized spacial score (nSPS) is 10.8. The molecule has 0 aliphatic heterocycles. The Balaban J connectivity index is 2.28. The molecule has 1 amide bonds. The third-order valence-electron chi connectivity index (χ3n) is 3.68. The molecule has 1 N–H and O–H groups in total. The third-order valence-corrected chi connectivity index (χ3v) is 4.09. The number of carbonyl (C=O) groups excluding carboxylic acids is 1. The molecule has 0 radical (unpaired) electrons. The van der Waals surface area contributed by atoms with E-state index in [-0.39, 0.29) is 5.57 Å². The number of nitrogens with zero attached hydrogens (tertiary/aromatic N) is 1. The predicted molar refractivity (Wildman–Crippen MR) is 103 cm³/mol. The summed E-state index contributed by atoms with van der Waals surface area (Å²) in [6.07, 6.45) is 1.49. The van der Waals surface area contributed by atoms with Crippen LogP contribution in [0.1, 0.15) is 18.1 Å². The zero-order valence-corrected chi connectivity index (χ0v) is 15.6. The molecule has 0 aliphatic rings. The Hall–Kier alpha value is -2.97. The number of nitriles is 1. The highest BCUT2D eigenvalue weighted by Gasteiger charge is 2.13. The molecule has 2 aromatic carbocycles. The molecule has 0 aromatic heterocycles. The fourth-order valence-corrected chi connectivity index (χ4v) is 2.47. The Kier molecular flexibility index (Phi) is 6.65. The van der Waals surface area contributed by atoms with Crippen LogP contribution in [0.2, 0.25) is 5.02 Å². The van der Waals surface area contributed by atoms with Gasteiger partial charge in [0.2, 0.25) is 0 Å². The minimum atomic E-state index is -0.509. The van der Waals surface area contributed by atoms with Crippen LogP contribution in [0.5, 0.6) is 11.5 Å². The third kappa shape index (κ3) is 4.56. The van der Waals surface area contributed by atoms with Crippen molar-refractivity contribution in [3.05, 3.63) is 58.1 Å². The lowest BCUT2D eigenvalue weighted by atomic mass is 10.1. The number of hydrogen-bond donors (Lipinski definition) is 1. The van der Waals surface area contributed by atoms with Crippen molar-refractivity contribution in [2.45, 2.75) is 13.8 Å². The lowest BCUT2D eigenvalue weighted by molar-refractivity contribution is -0.112. The summed E-state index contributed by atoms with van der Waals surface area (Å²) < 4.78 is 10.7. The van der Waals surface area contributed by atoms with Gasteiger partial charge < -0.3 is 14.8 Å². The Labute approximate surface area is 157 Å². The summed E-state index contributed by atoms with van der Waals surface area (Å²) in [7, 11) is 1.53. The first-order valence-electron chi connectivity index (χ1n) is 7.99. The molecule has 134 valence electrons. The van der Waals surface area contributed by atoms with Crippen LogP contribution in [-0.2, 0) is 4.79 Å². The molecule has 2 rings (SSSR count). The summed E-state index contributed by atoms with van der Waals surface area (Å²) in [6, 6.07) is 12.3. The van der Waals surface area contributed by atoms with Gasteiger partial charge in [0.1, 0.15) is 11.6 Å². The Morgan fingerprint density at radius 2 is 2.08 bits per heavy atom. The van der Waals surface area contributed by atoms with E-state index in [1.165, 1.54) is 13.2 Å². The standard InChI is InChI=1S/C20H19ClN2O3/c1-4-26-18-9-8-14(11-19(18)25-3)10-15(12-22)20(24)23-17-7-5-6-16(21)13(17)2/h5-11H,4H2,1-3H3,(H,23,24)/b15-10+. The van der Waals surface area contributed by atoms with E-state index in [0.717, 1.165) is 5.56 Å². The number of amides is 1. The Morgan fingerprint density at radius 3 is 2.73 bits per heavy atom. The maximum absolute atomic E-state index is 12.4. The van der Waals surface area contributed by atoms with E-state index >= 15 is 0 Å². The maximum Gasteiger partial charge on any atom is 0.266 e. The smallest absolute Gasteiger partial charge is 0.266 e. The van der Waals surface area contributed by atoms with Crippen molar-refractivity contribution in [3.63, 3.8) is 0 Å². The number of nitrogens with one attached hydrogen (secondary N) is 1. The summed E-state index contributed by atoms with van der Waals surface area (Å²) >= 11 is 6.06. The van der Waals surface area contributed by atoms with Crippen LogP contribution in [0.25, 0.3) is 6.08 Å². The lowest BCUT2D eigenvalue weighted by Crippen LogP contribution is -2.14. The molecular weight excluding hydrogens is 352 g/mol. The molecule has 0 fully saturated rings. The summed E-state index contributed by atoms with van der Waals surface area (Å²) in [4.78, 5) is 12.4. The van der Waals surface area contributed by atoms with Gasteiger partial charge in [0, 0.05) is 10.7 Å². The van der Waals surface area contributed by atoms with Gasteiger partial charge in [-0.2, -0.15) is 5.26 Å². The number of anilines is 1. The lowest BCUT2D eigenvalue weighted by Gasteiger charge is -2.10. The van der Waals surface area contributed by atoms with Gasteiger partial charge in [0.05, 0.1) is 13.7 Å². The number of benzene rings is 2. The predicted octanol–water partition coefficient (Wildman–Crippen LogP) is 4.60. The van der Waals surface area contributed by atoms with E-state index in [0.29, 0.717) is 34.4 Å². The number of carbonyl (C=O) groups is 1. The molecule has 0 saturated heterocycles. The molecule has 0 unspecified atom stereocenters. The summed E-state index contributed by atoms with van der Waals surface area (Å²) in [5.41, 5.74) is 1.92. The molecule has 0 spiro atoms. The van der Waals surface area contributed by atoms with Crippen LogP contribution < -0.4 is 14.8 Å².